The van der Waals surface area contributed by atoms with Crippen molar-refractivity contribution < 1.29 is 4.79 Å². The van der Waals surface area contributed by atoms with Crippen LogP contribution in [0.3, 0.4) is 0 Å². The average Bonchev–Trinajstić information content (AvgIpc) is 3.10. The second-order valence-electron chi connectivity index (χ2n) is 7.22. The van der Waals surface area contributed by atoms with Gasteiger partial charge in [0.1, 0.15) is 0 Å². The van der Waals surface area contributed by atoms with Crippen molar-refractivity contribution in [3.8, 4) is 0 Å². The smallest absolute Gasteiger partial charge is 0.232 e. The Balaban J connectivity index is 1.62. The topological polar surface area (TPSA) is 45.2 Å². The molecule has 0 bridgehead atoms. The summed E-state index contributed by atoms with van der Waals surface area (Å²) in [4.78, 5) is 21.4. The Hall–Kier alpha value is -1.40. The average molecular weight is 434 g/mol. The monoisotopic (exact) mass is 433 g/mol. The van der Waals surface area contributed by atoms with Gasteiger partial charge in [0.25, 0.3) is 0 Å². The van der Waals surface area contributed by atoms with Gasteiger partial charge in [-0.1, -0.05) is 52.6 Å². The number of carbonyl (C=O) groups excluding carboxylic acids is 1. The maximum absolute atomic E-state index is 13.4. The standard InChI is InChI=1S/C20H24BrN3OS/c21-16-8-9-17-18(11-16)26-20(23-17)24(13-14-5-4-10-22-12-14)19(25)15-6-2-1-3-7-15/h4-5,10-11,15,22H,1-3,6-9,12-13H2. The number of rotatable bonds is 4. The molecule has 0 saturated heterocycles. The normalized spacial score (nSPS) is 20.0. The molecule has 4 rings (SSSR count). The summed E-state index contributed by atoms with van der Waals surface area (Å²) in [6, 6.07) is 0. The molecule has 0 aromatic carbocycles. The van der Waals surface area contributed by atoms with Crippen LogP contribution in [0.1, 0.15) is 49.1 Å². The lowest BCUT2D eigenvalue weighted by Crippen LogP contribution is -2.39. The van der Waals surface area contributed by atoms with E-state index in [2.05, 4.69) is 33.4 Å². The summed E-state index contributed by atoms with van der Waals surface area (Å²) in [6.07, 6.45) is 15.8. The van der Waals surface area contributed by atoms with Gasteiger partial charge in [-0.25, -0.2) is 4.98 Å². The van der Waals surface area contributed by atoms with Gasteiger partial charge in [0.15, 0.2) is 5.13 Å². The molecule has 4 nitrogen and oxygen atoms in total. The van der Waals surface area contributed by atoms with Crippen LogP contribution in [0.2, 0.25) is 0 Å². The molecule has 1 N–H and O–H groups in total. The van der Waals surface area contributed by atoms with Gasteiger partial charge < -0.3 is 5.32 Å². The number of hydrogen-bond acceptors (Lipinski definition) is 4. The minimum atomic E-state index is 0.152. The molecule has 26 heavy (non-hydrogen) atoms. The van der Waals surface area contributed by atoms with Gasteiger partial charge in [-0.3, -0.25) is 9.69 Å². The van der Waals surface area contributed by atoms with E-state index in [1.807, 2.05) is 17.2 Å². The van der Waals surface area contributed by atoms with Crippen LogP contribution in [0.25, 0.3) is 6.08 Å². The number of anilines is 1. The number of aryl methyl sites for hydroxylation is 1. The van der Waals surface area contributed by atoms with Crippen LogP contribution in [0.15, 0.2) is 28.4 Å². The Morgan fingerprint density at radius 2 is 2.15 bits per heavy atom. The third-order valence-electron chi connectivity index (χ3n) is 5.29. The highest BCUT2D eigenvalue weighted by Crippen LogP contribution is 2.36. The van der Waals surface area contributed by atoms with Crippen LogP contribution >= 0.6 is 27.3 Å². The van der Waals surface area contributed by atoms with E-state index in [-0.39, 0.29) is 11.8 Å². The van der Waals surface area contributed by atoms with Crippen molar-refractivity contribution in [1.82, 2.24) is 10.3 Å². The second-order valence-corrected chi connectivity index (χ2v) is 9.25. The quantitative estimate of drug-likeness (QED) is 0.742. The SMILES string of the molecule is O=C(C1CCCCC1)N(CC1=CC=CNC1)c1nc2c(s1)C=C(Br)CC2. The molecule has 0 atom stereocenters. The zero-order valence-electron chi connectivity index (χ0n) is 14.8. The predicted molar refractivity (Wildman–Crippen MR) is 111 cm³/mol. The Bertz CT molecular complexity index is 774. The molecule has 6 heteroatoms. The van der Waals surface area contributed by atoms with Gasteiger partial charge in [-0.2, -0.15) is 0 Å². The van der Waals surface area contributed by atoms with Gasteiger partial charge >= 0.3 is 0 Å². The number of nitrogens with zero attached hydrogens (tertiary/aromatic N) is 2. The first-order chi connectivity index (χ1) is 12.7. The summed E-state index contributed by atoms with van der Waals surface area (Å²) >= 11 is 5.26. The summed E-state index contributed by atoms with van der Waals surface area (Å²) in [7, 11) is 0. The van der Waals surface area contributed by atoms with E-state index in [0.29, 0.717) is 6.54 Å². The molecule has 1 fully saturated rings. The number of halogens is 1. The van der Waals surface area contributed by atoms with Crippen molar-refractivity contribution in [3.63, 3.8) is 0 Å². The predicted octanol–water partition coefficient (Wildman–Crippen LogP) is 4.78. The summed E-state index contributed by atoms with van der Waals surface area (Å²) in [5, 5.41) is 4.11. The summed E-state index contributed by atoms with van der Waals surface area (Å²) < 4.78 is 1.22. The minimum absolute atomic E-state index is 0.152. The molecule has 1 aromatic heterocycles. The molecule has 1 saturated carbocycles. The van der Waals surface area contributed by atoms with Gasteiger partial charge in [0.2, 0.25) is 5.91 Å². The summed E-state index contributed by atoms with van der Waals surface area (Å²) in [5.41, 5.74) is 2.35. The molecule has 2 aliphatic carbocycles. The van der Waals surface area contributed by atoms with Crippen LogP contribution in [0.4, 0.5) is 5.13 Å². The molecule has 1 aliphatic heterocycles. The number of dihydropyridines is 1. The molecule has 3 aliphatic rings. The molecule has 138 valence electrons. The maximum Gasteiger partial charge on any atom is 0.232 e. The third-order valence-corrected chi connectivity index (χ3v) is 6.99. The lowest BCUT2D eigenvalue weighted by atomic mass is 9.88. The van der Waals surface area contributed by atoms with E-state index in [0.717, 1.165) is 43.1 Å². The van der Waals surface area contributed by atoms with Crippen LogP contribution in [-0.2, 0) is 11.2 Å². The molecule has 0 radical (unpaired) electrons. The minimum Gasteiger partial charge on any atom is -0.387 e. The third kappa shape index (κ3) is 3.96. The molecule has 0 unspecified atom stereocenters. The summed E-state index contributed by atoms with van der Waals surface area (Å²) in [6.45, 7) is 1.42. The fraction of sp³-hybridized carbons (Fsp3) is 0.500. The molecule has 1 aromatic rings. The number of hydrogen-bond donors (Lipinski definition) is 1. The molecular weight excluding hydrogens is 410 g/mol. The van der Waals surface area contributed by atoms with Crippen molar-refractivity contribution in [1.29, 1.82) is 0 Å². The van der Waals surface area contributed by atoms with E-state index in [1.165, 1.54) is 34.2 Å². The van der Waals surface area contributed by atoms with E-state index in [9.17, 15) is 4.79 Å². The number of nitrogens with one attached hydrogen (secondary N) is 1. The highest BCUT2D eigenvalue weighted by Gasteiger charge is 2.30. The first-order valence-electron chi connectivity index (χ1n) is 9.46. The van der Waals surface area contributed by atoms with Crippen molar-refractivity contribution in [2.75, 3.05) is 18.0 Å². The number of thiazole rings is 1. The Morgan fingerprint density at radius 3 is 2.92 bits per heavy atom. The zero-order valence-corrected chi connectivity index (χ0v) is 17.2. The van der Waals surface area contributed by atoms with Crippen molar-refractivity contribution >= 4 is 44.4 Å². The Morgan fingerprint density at radius 1 is 1.31 bits per heavy atom. The lowest BCUT2D eigenvalue weighted by molar-refractivity contribution is -0.123. The van der Waals surface area contributed by atoms with Gasteiger partial charge in [0.05, 0.1) is 17.1 Å². The van der Waals surface area contributed by atoms with E-state index >= 15 is 0 Å². The van der Waals surface area contributed by atoms with E-state index < -0.39 is 0 Å². The number of allylic oxidation sites excluding steroid dienone is 3. The van der Waals surface area contributed by atoms with Crippen molar-refractivity contribution in [3.05, 3.63) is 39.0 Å². The fourth-order valence-corrected chi connectivity index (χ4v) is 5.50. The van der Waals surface area contributed by atoms with Crippen LogP contribution in [0.5, 0.6) is 0 Å². The second kappa shape index (κ2) is 8.09. The van der Waals surface area contributed by atoms with Crippen molar-refractivity contribution in [2.45, 2.75) is 44.9 Å². The largest absolute Gasteiger partial charge is 0.387 e. The van der Waals surface area contributed by atoms with E-state index in [4.69, 9.17) is 4.98 Å². The number of fused-ring (bicyclic) bond motifs is 1. The first kappa shape index (κ1) is 18.0. The van der Waals surface area contributed by atoms with Gasteiger partial charge in [0, 0.05) is 12.5 Å². The van der Waals surface area contributed by atoms with Crippen LogP contribution in [-0.4, -0.2) is 24.0 Å². The highest BCUT2D eigenvalue weighted by atomic mass is 79.9. The molecule has 0 spiro atoms. The first-order valence-corrected chi connectivity index (χ1v) is 11.1. The van der Waals surface area contributed by atoms with E-state index in [1.54, 1.807) is 11.3 Å². The van der Waals surface area contributed by atoms with Crippen LogP contribution in [0, 0.1) is 5.92 Å². The molecular formula is C20H24BrN3OS. The Kier molecular flexibility index (Phi) is 5.60. The lowest BCUT2D eigenvalue weighted by Gasteiger charge is -2.28. The number of aromatic nitrogens is 1. The Labute approximate surface area is 167 Å². The molecule has 1 amide bonds. The van der Waals surface area contributed by atoms with Gasteiger partial charge in [-0.05, 0) is 54.1 Å². The number of amides is 1. The number of carbonyl (C=O) groups is 1. The molecule has 2 heterocycles. The fourth-order valence-electron chi connectivity index (χ4n) is 3.83. The summed E-state index contributed by atoms with van der Waals surface area (Å²) in [5.74, 6) is 0.411. The van der Waals surface area contributed by atoms with Crippen molar-refractivity contribution in [2.24, 2.45) is 5.92 Å². The highest BCUT2D eigenvalue weighted by molar-refractivity contribution is 9.11. The van der Waals surface area contributed by atoms with Crippen LogP contribution < -0.4 is 10.2 Å². The van der Waals surface area contributed by atoms with Gasteiger partial charge in [-0.15, -0.1) is 0 Å². The zero-order chi connectivity index (χ0) is 17.9. The maximum atomic E-state index is 13.4.